The van der Waals surface area contributed by atoms with Gasteiger partial charge in [0.1, 0.15) is 11.0 Å². The largest absolute Gasteiger partial charge is 0.395 e. The first-order chi connectivity index (χ1) is 7.71. The number of aliphatic hydroxyl groups excluding tert-OH is 1. The first kappa shape index (κ1) is 12.8. The number of halogens is 1. The van der Waals surface area contributed by atoms with Gasteiger partial charge in [0.15, 0.2) is 0 Å². The summed E-state index contributed by atoms with van der Waals surface area (Å²) in [4.78, 5) is 6.06. The molecule has 1 heterocycles. The van der Waals surface area contributed by atoms with Gasteiger partial charge in [-0.1, -0.05) is 18.5 Å². The highest BCUT2D eigenvalue weighted by molar-refractivity contribution is 6.29. The number of hydrogen-bond acceptors (Lipinski definition) is 4. The lowest BCUT2D eigenvalue weighted by Crippen LogP contribution is -2.28. The van der Waals surface area contributed by atoms with E-state index in [0.29, 0.717) is 23.1 Å². The lowest BCUT2D eigenvalue weighted by Gasteiger charge is -2.22. The van der Waals surface area contributed by atoms with E-state index >= 15 is 0 Å². The summed E-state index contributed by atoms with van der Waals surface area (Å²) < 4.78 is 0. The second kappa shape index (κ2) is 6.31. The Hall–Kier alpha value is -1.31. The van der Waals surface area contributed by atoms with Crippen molar-refractivity contribution in [3.8, 4) is 6.07 Å². The highest BCUT2D eigenvalue weighted by atomic mass is 35.5. The predicted molar refractivity (Wildman–Crippen MR) is 63.6 cm³/mol. The first-order valence-electron chi connectivity index (χ1n) is 5.14. The van der Waals surface area contributed by atoms with Crippen LogP contribution in [0.15, 0.2) is 12.1 Å². The Kier molecular flexibility index (Phi) is 5.03. The smallest absolute Gasteiger partial charge is 0.132 e. The molecule has 0 amide bonds. The van der Waals surface area contributed by atoms with Crippen LogP contribution in [0, 0.1) is 11.3 Å². The number of anilines is 1. The zero-order chi connectivity index (χ0) is 12.0. The van der Waals surface area contributed by atoms with E-state index in [1.54, 1.807) is 6.07 Å². The summed E-state index contributed by atoms with van der Waals surface area (Å²) in [5.41, 5.74) is 0.481. The number of nitrogens with zero attached hydrogens (tertiary/aromatic N) is 3. The molecule has 0 atom stereocenters. The summed E-state index contributed by atoms with van der Waals surface area (Å²) in [5.74, 6) is 0.639. The molecular weight excluding hydrogens is 226 g/mol. The lowest BCUT2D eigenvalue weighted by atomic mass is 10.2. The van der Waals surface area contributed by atoms with Crippen molar-refractivity contribution in [2.24, 2.45) is 0 Å². The third-order valence-electron chi connectivity index (χ3n) is 2.10. The second-order valence-electron chi connectivity index (χ2n) is 3.36. The van der Waals surface area contributed by atoms with Crippen molar-refractivity contribution in [2.75, 3.05) is 24.6 Å². The molecule has 0 aliphatic heterocycles. The standard InChI is InChI=1S/C11H14ClN3O/c1-2-3-15(4-5-16)11-7-9(8-13)6-10(12)14-11/h6-7,16H,2-5H2,1H3. The van der Waals surface area contributed by atoms with Gasteiger partial charge in [0.05, 0.1) is 18.2 Å². The fourth-order valence-electron chi connectivity index (χ4n) is 1.44. The van der Waals surface area contributed by atoms with E-state index in [1.807, 2.05) is 17.9 Å². The van der Waals surface area contributed by atoms with E-state index in [9.17, 15) is 0 Å². The van der Waals surface area contributed by atoms with Crippen LogP contribution in [0.5, 0.6) is 0 Å². The van der Waals surface area contributed by atoms with Gasteiger partial charge >= 0.3 is 0 Å². The molecule has 0 aromatic carbocycles. The van der Waals surface area contributed by atoms with Crippen molar-refractivity contribution in [1.29, 1.82) is 5.26 Å². The summed E-state index contributed by atoms with van der Waals surface area (Å²) in [6, 6.07) is 5.23. The van der Waals surface area contributed by atoms with E-state index in [0.717, 1.165) is 13.0 Å². The zero-order valence-electron chi connectivity index (χ0n) is 9.15. The van der Waals surface area contributed by atoms with Gasteiger partial charge in [-0.15, -0.1) is 0 Å². The number of nitriles is 1. The summed E-state index contributed by atoms with van der Waals surface area (Å²) in [5, 5.41) is 18.1. The van der Waals surface area contributed by atoms with Crippen LogP contribution in [0.1, 0.15) is 18.9 Å². The van der Waals surface area contributed by atoms with Crippen molar-refractivity contribution in [2.45, 2.75) is 13.3 Å². The van der Waals surface area contributed by atoms with Crippen LogP contribution in [0.4, 0.5) is 5.82 Å². The van der Waals surface area contributed by atoms with Gasteiger partial charge < -0.3 is 10.0 Å². The van der Waals surface area contributed by atoms with Crippen LogP contribution in [0.2, 0.25) is 5.15 Å². The topological polar surface area (TPSA) is 60.1 Å². The maximum absolute atomic E-state index is 8.95. The summed E-state index contributed by atoms with van der Waals surface area (Å²) >= 11 is 5.82. The van der Waals surface area contributed by atoms with Crippen LogP contribution >= 0.6 is 11.6 Å². The van der Waals surface area contributed by atoms with Crippen LogP contribution in [0.25, 0.3) is 0 Å². The van der Waals surface area contributed by atoms with Gasteiger partial charge in [-0.2, -0.15) is 5.26 Å². The quantitative estimate of drug-likeness (QED) is 0.797. The van der Waals surface area contributed by atoms with E-state index in [4.69, 9.17) is 22.0 Å². The second-order valence-corrected chi connectivity index (χ2v) is 3.75. The third-order valence-corrected chi connectivity index (χ3v) is 2.29. The normalized spacial score (nSPS) is 9.88. The van der Waals surface area contributed by atoms with Crippen LogP contribution < -0.4 is 4.90 Å². The molecule has 0 unspecified atom stereocenters. The monoisotopic (exact) mass is 239 g/mol. The van der Waals surface area contributed by atoms with Crippen LogP contribution in [-0.2, 0) is 0 Å². The SMILES string of the molecule is CCCN(CCO)c1cc(C#N)cc(Cl)n1. The van der Waals surface area contributed by atoms with Gasteiger partial charge in [0.2, 0.25) is 0 Å². The molecule has 0 saturated heterocycles. The summed E-state index contributed by atoms with van der Waals surface area (Å²) in [7, 11) is 0. The fourth-order valence-corrected chi connectivity index (χ4v) is 1.65. The molecule has 0 fully saturated rings. The van der Waals surface area contributed by atoms with Gasteiger partial charge in [0, 0.05) is 13.1 Å². The van der Waals surface area contributed by atoms with Gasteiger partial charge in [-0.3, -0.25) is 0 Å². The molecule has 0 spiro atoms. The molecule has 1 aromatic heterocycles. The Labute approximate surface area is 100 Å². The lowest BCUT2D eigenvalue weighted by molar-refractivity contribution is 0.301. The molecule has 86 valence electrons. The highest BCUT2D eigenvalue weighted by Gasteiger charge is 2.08. The van der Waals surface area contributed by atoms with E-state index < -0.39 is 0 Å². The Morgan fingerprint density at radius 1 is 1.50 bits per heavy atom. The average molecular weight is 240 g/mol. The Bertz CT molecular complexity index is 383. The minimum atomic E-state index is 0.0517. The molecule has 16 heavy (non-hydrogen) atoms. The number of rotatable bonds is 5. The predicted octanol–water partition coefficient (Wildman–Crippen LogP) is 1.82. The number of aliphatic hydroxyl groups is 1. The summed E-state index contributed by atoms with van der Waals surface area (Å²) in [6.45, 7) is 3.36. The van der Waals surface area contributed by atoms with Crippen LogP contribution in [-0.4, -0.2) is 29.8 Å². The number of pyridine rings is 1. The Morgan fingerprint density at radius 3 is 2.81 bits per heavy atom. The summed E-state index contributed by atoms with van der Waals surface area (Å²) in [6.07, 6.45) is 0.941. The molecule has 0 aliphatic carbocycles. The van der Waals surface area contributed by atoms with Crippen molar-refractivity contribution in [3.05, 3.63) is 22.8 Å². The molecule has 4 nitrogen and oxygen atoms in total. The molecular formula is C11H14ClN3O. The minimum Gasteiger partial charge on any atom is -0.395 e. The molecule has 0 aliphatic rings. The Morgan fingerprint density at radius 2 is 2.25 bits per heavy atom. The van der Waals surface area contributed by atoms with E-state index in [2.05, 4.69) is 4.98 Å². The number of aromatic nitrogens is 1. The minimum absolute atomic E-state index is 0.0517. The van der Waals surface area contributed by atoms with E-state index in [1.165, 1.54) is 6.07 Å². The first-order valence-corrected chi connectivity index (χ1v) is 5.52. The molecule has 0 radical (unpaired) electrons. The zero-order valence-corrected chi connectivity index (χ0v) is 9.91. The fraction of sp³-hybridized carbons (Fsp3) is 0.455. The van der Waals surface area contributed by atoms with Crippen molar-refractivity contribution in [1.82, 2.24) is 4.98 Å². The van der Waals surface area contributed by atoms with Gasteiger partial charge in [-0.25, -0.2) is 4.98 Å². The number of hydrogen-bond donors (Lipinski definition) is 1. The van der Waals surface area contributed by atoms with Crippen molar-refractivity contribution in [3.63, 3.8) is 0 Å². The molecule has 1 aromatic rings. The molecule has 0 saturated carbocycles. The van der Waals surface area contributed by atoms with Gasteiger partial charge in [0.25, 0.3) is 0 Å². The molecule has 1 rings (SSSR count). The molecule has 5 heteroatoms. The molecule has 0 bridgehead atoms. The van der Waals surface area contributed by atoms with Crippen molar-refractivity contribution < 1.29 is 5.11 Å². The Balaban J connectivity index is 2.99. The maximum Gasteiger partial charge on any atom is 0.132 e. The highest BCUT2D eigenvalue weighted by Crippen LogP contribution is 2.17. The van der Waals surface area contributed by atoms with Gasteiger partial charge in [-0.05, 0) is 18.6 Å². The molecule has 1 N–H and O–H groups in total. The van der Waals surface area contributed by atoms with E-state index in [-0.39, 0.29) is 6.61 Å². The van der Waals surface area contributed by atoms with Crippen molar-refractivity contribution >= 4 is 17.4 Å². The third kappa shape index (κ3) is 3.37. The average Bonchev–Trinajstić information content (AvgIpc) is 2.28. The van der Waals surface area contributed by atoms with Crippen LogP contribution in [0.3, 0.4) is 0 Å². The maximum atomic E-state index is 8.95.